The molecule has 1 rings (SSSR count). The van der Waals surface area contributed by atoms with Crippen LogP contribution in [0, 0.1) is 11.3 Å². The Morgan fingerprint density at radius 2 is 2.38 bits per heavy atom. The lowest BCUT2D eigenvalue weighted by molar-refractivity contribution is -0.118. The van der Waals surface area contributed by atoms with Crippen molar-refractivity contribution in [1.82, 2.24) is 15.6 Å². The van der Waals surface area contributed by atoms with Gasteiger partial charge in [0.1, 0.15) is 11.8 Å². The average molecular weight is 218 g/mol. The molecule has 0 radical (unpaired) electrons. The van der Waals surface area contributed by atoms with Crippen molar-refractivity contribution < 1.29 is 4.79 Å². The van der Waals surface area contributed by atoms with Crippen LogP contribution in [0.2, 0.25) is 0 Å². The van der Waals surface area contributed by atoms with Gasteiger partial charge in [-0.3, -0.25) is 4.79 Å². The van der Waals surface area contributed by atoms with Crippen LogP contribution in [0.4, 0.5) is 0 Å². The van der Waals surface area contributed by atoms with E-state index in [0.717, 1.165) is 5.56 Å². The van der Waals surface area contributed by atoms with Crippen molar-refractivity contribution in [3.63, 3.8) is 0 Å². The normalized spacial score (nSPS) is 9.50. The minimum atomic E-state index is -0.0301. The van der Waals surface area contributed by atoms with E-state index in [1.807, 2.05) is 12.1 Å². The van der Waals surface area contributed by atoms with Gasteiger partial charge < -0.3 is 10.6 Å². The van der Waals surface area contributed by atoms with Crippen LogP contribution in [0.25, 0.3) is 0 Å². The molecule has 2 N–H and O–H groups in total. The number of hydrogen-bond acceptors (Lipinski definition) is 4. The highest BCUT2D eigenvalue weighted by Gasteiger charge is 1.96. The van der Waals surface area contributed by atoms with Crippen molar-refractivity contribution in [3.8, 4) is 6.07 Å². The summed E-state index contributed by atoms with van der Waals surface area (Å²) in [5.74, 6) is -0.0301. The first kappa shape index (κ1) is 12.1. The predicted octanol–water partition coefficient (Wildman–Crippen LogP) is 0.179. The molecule has 0 aromatic carbocycles. The number of nitrogens with zero attached hydrogens (tertiary/aromatic N) is 2. The monoisotopic (exact) mass is 218 g/mol. The van der Waals surface area contributed by atoms with E-state index in [9.17, 15) is 4.79 Å². The Labute approximate surface area is 94.5 Å². The first-order chi connectivity index (χ1) is 7.72. The molecule has 1 heterocycles. The summed E-state index contributed by atoms with van der Waals surface area (Å²) >= 11 is 0. The molecule has 16 heavy (non-hydrogen) atoms. The molecular formula is C11H14N4O. The Balaban J connectivity index is 2.27. The predicted molar refractivity (Wildman–Crippen MR) is 59.3 cm³/mol. The molecule has 1 aromatic rings. The summed E-state index contributed by atoms with van der Waals surface area (Å²) in [6.07, 6.45) is 1.61. The standard InChI is InChI=1S/C11H14N4O/c1-9(16)14-5-4-13-8-10-2-3-15-11(6-10)7-12/h2-3,6,13H,4-5,8H2,1H3,(H,14,16). The third kappa shape index (κ3) is 4.53. The number of amides is 1. The van der Waals surface area contributed by atoms with E-state index >= 15 is 0 Å². The zero-order valence-corrected chi connectivity index (χ0v) is 9.16. The van der Waals surface area contributed by atoms with Crippen LogP contribution in [-0.4, -0.2) is 24.0 Å². The number of hydrogen-bond donors (Lipinski definition) is 2. The second kappa shape index (κ2) is 6.53. The number of aromatic nitrogens is 1. The van der Waals surface area contributed by atoms with Gasteiger partial charge in [-0.1, -0.05) is 0 Å². The fourth-order valence-corrected chi connectivity index (χ4v) is 1.21. The van der Waals surface area contributed by atoms with Gasteiger partial charge in [0.2, 0.25) is 5.91 Å². The number of nitriles is 1. The van der Waals surface area contributed by atoms with Gasteiger partial charge in [0.05, 0.1) is 0 Å². The smallest absolute Gasteiger partial charge is 0.216 e. The maximum atomic E-state index is 10.6. The Bertz CT molecular complexity index is 397. The van der Waals surface area contributed by atoms with Crippen LogP contribution in [0.5, 0.6) is 0 Å². The topological polar surface area (TPSA) is 77.8 Å². The Hall–Kier alpha value is -1.93. The average Bonchev–Trinajstić information content (AvgIpc) is 2.28. The van der Waals surface area contributed by atoms with E-state index in [0.29, 0.717) is 25.3 Å². The summed E-state index contributed by atoms with van der Waals surface area (Å²) in [7, 11) is 0. The van der Waals surface area contributed by atoms with Crippen LogP contribution < -0.4 is 10.6 Å². The molecule has 0 saturated carbocycles. The van der Waals surface area contributed by atoms with Crippen LogP contribution in [0.1, 0.15) is 18.2 Å². The number of rotatable bonds is 5. The summed E-state index contributed by atoms with van der Waals surface area (Å²) in [4.78, 5) is 14.5. The molecule has 0 aliphatic heterocycles. The van der Waals surface area contributed by atoms with Crippen molar-refractivity contribution in [2.75, 3.05) is 13.1 Å². The number of pyridine rings is 1. The van der Waals surface area contributed by atoms with E-state index in [1.165, 1.54) is 6.92 Å². The lowest BCUT2D eigenvalue weighted by Crippen LogP contribution is -2.29. The molecule has 0 aliphatic rings. The Kier molecular flexibility index (Phi) is 4.96. The molecule has 0 saturated heterocycles. The maximum Gasteiger partial charge on any atom is 0.216 e. The molecule has 0 bridgehead atoms. The minimum Gasteiger partial charge on any atom is -0.355 e. The summed E-state index contributed by atoms with van der Waals surface area (Å²) < 4.78 is 0. The molecule has 0 atom stereocenters. The molecule has 0 aliphatic carbocycles. The van der Waals surface area contributed by atoms with Crippen LogP contribution >= 0.6 is 0 Å². The van der Waals surface area contributed by atoms with Crippen LogP contribution in [0.15, 0.2) is 18.3 Å². The van der Waals surface area contributed by atoms with E-state index in [-0.39, 0.29) is 5.91 Å². The van der Waals surface area contributed by atoms with Crippen molar-refractivity contribution in [2.45, 2.75) is 13.5 Å². The summed E-state index contributed by atoms with van der Waals surface area (Å²) in [6.45, 7) is 3.45. The van der Waals surface area contributed by atoms with Gasteiger partial charge in [0, 0.05) is 32.8 Å². The van der Waals surface area contributed by atoms with E-state index in [2.05, 4.69) is 15.6 Å². The molecule has 0 spiro atoms. The van der Waals surface area contributed by atoms with Crippen molar-refractivity contribution >= 4 is 5.91 Å². The number of carbonyl (C=O) groups is 1. The van der Waals surface area contributed by atoms with Gasteiger partial charge in [-0.15, -0.1) is 0 Å². The second-order valence-electron chi connectivity index (χ2n) is 3.32. The highest BCUT2D eigenvalue weighted by molar-refractivity contribution is 5.72. The highest BCUT2D eigenvalue weighted by Crippen LogP contribution is 1.99. The molecule has 1 aromatic heterocycles. The van der Waals surface area contributed by atoms with Gasteiger partial charge >= 0.3 is 0 Å². The van der Waals surface area contributed by atoms with E-state index in [4.69, 9.17) is 5.26 Å². The lowest BCUT2D eigenvalue weighted by Gasteiger charge is -2.05. The molecule has 0 unspecified atom stereocenters. The Morgan fingerprint density at radius 3 is 3.06 bits per heavy atom. The van der Waals surface area contributed by atoms with Gasteiger partial charge in [-0.05, 0) is 17.7 Å². The highest BCUT2D eigenvalue weighted by atomic mass is 16.1. The van der Waals surface area contributed by atoms with E-state index < -0.39 is 0 Å². The maximum absolute atomic E-state index is 10.6. The van der Waals surface area contributed by atoms with Gasteiger partial charge in [0.25, 0.3) is 0 Å². The molecule has 5 heteroatoms. The third-order valence-electron chi connectivity index (χ3n) is 1.94. The van der Waals surface area contributed by atoms with Crippen LogP contribution in [0.3, 0.4) is 0 Å². The summed E-state index contributed by atoms with van der Waals surface area (Å²) in [6, 6.07) is 5.58. The zero-order valence-electron chi connectivity index (χ0n) is 9.16. The van der Waals surface area contributed by atoms with Crippen LogP contribution in [-0.2, 0) is 11.3 Å². The van der Waals surface area contributed by atoms with Crippen molar-refractivity contribution in [1.29, 1.82) is 5.26 Å². The summed E-state index contributed by atoms with van der Waals surface area (Å²) in [5.41, 5.74) is 1.43. The zero-order chi connectivity index (χ0) is 11.8. The van der Waals surface area contributed by atoms with Gasteiger partial charge in [0.15, 0.2) is 0 Å². The van der Waals surface area contributed by atoms with E-state index in [1.54, 1.807) is 12.3 Å². The molecular weight excluding hydrogens is 204 g/mol. The van der Waals surface area contributed by atoms with Gasteiger partial charge in [-0.2, -0.15) is 5.26 Å². The lowest BCUT2D eigenvalue weighted by atomic mass is 10.2. The quantitative estimate of drug-likeness (QED) is 0.691. The fraction of sp³-hybridized carbons (Fsp3) is 0.364. The van der Waals surface area contributed by atoms with Gasteiger partial charge in [-0.25, -0.2) is 4.98 Å². The molecule has 84 valence electrons. The SMILES string of the molecule is CC(=O)NCCNCc1ccnc(C#N)c1. The molecule has 0 fully saturated rings. The molecule has 5 nitrogen and oxygen atoms in total. The van der Waals surface area contributed by atoms with Crippen molar-refractivity contribution in [3.05, 3.63) is 29.6 Å². The van der Waals surface area contributed by atoms with Crippen molar-refractivity contribution in [2.24, 2.45) is 0 Å². The largest absolute Gasteiger partial charge is 0.355 e. The second-order valence-corrected chi connectivity index (χ2v) is 3.32. The molecule has 1 amide bonds. The summed E-state index contributed by atoms with van der Waals surface area (Å²) in [5, 5.41) is 14.5. The fourth-order valence-electron chi connectivity index (χ4n) is 1.21. The third-order valence-corrected chi connectivity index (χ3v) is 1.94. The Morgan fingerprint density at radius 1 is 1.56 bits per heavy atom. The number of nitrogens with one attached hydrogen (secondary N) is 2. The number of carbonyl (C=O) groups excluding carboxylic acids is 1. The first-order valence-corrected chi connectivity index (χ1v) is 5.02. The first-order valence-electron chi connectivity index (χ1n) is 5.02. The minimum absolute atomic E-state index is 0.0301.